The van der Waals surface area contributed by atoms with Gasteiger partial charge in [-0.05, 0) is 6.42 Å². The fourth-order valence-corrected chi connectivity index (χ4v) is 2.46. The van der Waals surface area contributed by atoms with Crippen molar-refractivity contribution >= 4 is 0 Å². The fraction of sp³-hybridized carbons (Fsp3) is 0.938. The minimum atomic E-state index is -9.09. The third-order valence-electron chi connectivity index (χ3n) is 4.87. The maximum absolute atomic E-state index is 13.6. The monoisotopic (exact) mass is 603 g/mol. The van der Waals surface area contributed by atoms with E-state index in [9.17, 15) is 92.2 Å². The standard InChI is InChI=1S/C16H12F21/c1-2-3-4-5-6(17)8(20,21)10(24,25)12(28,29)14(32,33)16(36,37)15(34,35)13(30,31)11(26,27)9(22,23)7(18)19/h6H,2-5H2,1H3. The first-order valence-corrected chi connectivity index (χ1v) is 9.15. The lowest BCUT2D eigenvalue weighted by Gasteiger charge is -2.44. The molecule has 0 aromatic carbocycles. The fourth-order valence-electron chi connectivity index (χ4n) is 2.46. The number of unbranched alkanes of at least 4 members (excludes halogenated alkanes) is 2. The Morgan fingerprint density at radius 1 is 0.486 bits per heavy atom. The molecule has 0 N–H and O–H groups in total. The van der Waals surface area contributed by atoms with E-state index in [1.807, 2.05) is 0 Å². The molecule has 0 spiro atoms. The second-order valence-corrected chi connectivity index (χ2v) is 7.44. The van der Waals surface area contributed by atoms with Crippen molar-refractivity contribution in [3.8, 4) is 0 Å². The highest BCUT2D eigenvalue weighted by Gasteiger charge is 2.97. The summed E-state index contributed by atoms with van der Waals surface area (Å²) in [5, 5.41) is 0. The summed E-state index contributed by atoms with van der Waals surface area (Å²) in [6, 6.07) is 0. The van der Waals surface area contributed by atoms with Gasteiger partial charge in [-0.3, -0.25) is 0 Å². The van der Waals surface area contributed by atoms with Gasteiger partial charge in [-0.25, -0.2) is 4.39 Å². The number of rotatable bonds is 14. The average molecular weight is 603 g/mol. The molecule has 0 aromatic heterocycles. The molecule has 0 aromatic rings. The third-order valence-corrected chi connectivity index (χ3v) is 4.87. The molecule has 1 atom stereocenters. The van der Waals surface area contributed by atoms with Crippen LogP contribution in [0.15, 0.2) is 0 Å². The van der Waals surface area contributed by atoms with E-state index < -0.39 is 78.7 Å². The van der Waals surface area contributed by atoms with Gasteiger partial charge >= 0.3 is 59.7 Å². The quantitative estimate of drug-likeness (QED) is 0.137. The molecule has 0 saturated heterocycles. The van der Waals surface area contributed by atoms with Crippen molar-refractivity contribution in [1.29, 1.82) is 0 Å². The van der Waals surface area contributed by atoms with Gasteiger partial charge < -0.3 is 0 Å². The van der Waals surface area contributed by atoms with Gasteiger partial charge in [0.1, 0.15) is 0 Å². The van der Waals surface area contributed by atoms with E-state index >= 15 is 0 Å². The lowest BCUT2D eigenvalue weighted by atomic mass is 9.85. The molecule has 0 amide bonds. The van der Waals surface area contributed by atoms with Crippen LogP contribution in [0.5, 0.6) is 0 Å². The Morgan fingerprint density at radius 2 is 0.784 bits per heavy atom. The van der Waals surface area contributed by atoms with Crippen molar-refractivity contribution in [1.82, 2.24) is 0 Å². The largest absolute Gasteiger partial charge is 0.385 e. The van der Waals surface area contributed by atoms with Crippen molar-refractivity contribution in [2.45, 2.75) is 92.1 Å². The van der Waals surface area contributed by atoms with Crippen LogP contribution in [0.4, 0.5) is 92.2 Å². The summed E-state index contributed by atoms with van der Waals surface area (Å²) in [7, 11) is 0. The Hall–Kier alpha value is -1.47. The molecular formula is C16H12F21. The van der Waals surface area contributed by atoms with Crippen LogP contribution in [-0.2, 0) is 0 Å². The molecular weight excluding hydrogens is 591 g/mol. The summed E-state index contributed by atoms with van der Waals surface area (Å²) >= 11 is 0. The molecule has 21 heteroatoms. The Labute approximate surface area is 192 Å². The zero-order valence-electron chi connectivity index (χ0n) is 17.3. The van der Waals surface area contributed by atoms with Gasteiger partial charge in [-0.15, -0.1) is 0 Å². The predicted octanol–water partition coefficient (Wildman–Crippen LogP) is 9.05. The molecule has 0 rings (SSSR count). The van der Waals surface area contributed by atoms with Gasteiger partial charge in [0.25, 0.3) is 0 Å². The summed E-state index contributed by atoms with van der Waals surface area (Å²) in [6.07, 6.45) is -12.8. The minimum absolute atomic E-state index is 0.0200. The smallest absolute Gasteiger partial charge is 0.241 e. The molecule has 0 fully saturated rings. The van der Waals surface area contributed by atoms with E-state index in [0.29, 0.717) is 0 Å². The van der Waals surface area contributed by atoms with Crippen molar-refractivity contribution in [2.24, 2.45) is 0 Å². The van der Waals surface area contributed by atoms with Gasteiger partial charge in [0.05, 0.1) is 0 Å². The molecule has 0 aliphatic heterocycles. The topological polar surface area (TPSA) is 0 Å². The van der Waals surface area contributed by atoms with Gasteiger partial charge in [-0.1, -0.05) is 26.2 Å². The van der Waals surface area contributed by atoms with E-state index in [1.54, 1.807) is 0 Å². The molecule has 0 bridgehead atoms. The molecule has 0 nitrogen and oxygen atoms in total. The Kier molecular flexibility index (Phi) is 9.53. The maximum Gasteiger partial charge on any atom is 0.385 e. The first-order valence-electron chi connectivity index (χ1n) is 9.15. The summed E-state index contributed by atoms with van der Waals surface area (Å²) in [5.41, 5.74) is 0. The van der Waals surface area contributed by atoms with Gasteiger partial charge in [0.2, 0.25) is 0 Å². The summed E-state index contributed by atoms with van der Waals surface area (Å²) in [6.45, 7) is 1.28. The highest BCUT2D eigenvalue weighted by Crippen LogP contribution is 2.66. The Bertz CT molecular complexity index is 767. The van der Waals surface area contributed by atoms with Crippen molar-refractivity contribution in [2.75, 3.05) is 0 Å². The second-order valence-electron chi connectivity index (χ2n) is 7.44. The van der Waals surface area contributed by atoms with Crippen LogP contribution in [0.3, 0.4) is 0 Å². The van der Waals surface area contributed by atoms with Gasteiger partial charge in [0.15, 0.2) is 6.17 Å². The van der Waals surface area contributed by atoms with Crippen LogP contribution < -0.4 is 0 Å². The molecule has 0 aliphatic rings. The summed E-state index contributed by atoms with van der Waals surface area (Å²) < 4.78 is 278. The second kappa shape index (κ2) is 9.93. The zero-order chi connectivity index (χ0) is 30.5. The van der Waals surface area contributed by atoms with Crippen molar-refractivity contribution in [3.05, 3.63) is 6.43 Å². The first kappa shape index (κ1) is 35.5. The number of halogens is 21. The number of hydrogen-bond donors (Lipinski definition) is 0. The summed E-state index contributed by atoms with van der Waals surface area (Å²) in [4.78, 5) is 0. The van der Waals surface area contributed by atoms with Crippen LogP contribution in [0.25, 0.3) is 0 Å². The highest BCUT2D eigenvalue weighted by molar-refractivity contribution is 5.18. The molecule has 37 heavy (non-hydrogen) atoms. The van der Waals surface area contributed by atoms with E-state index in [0.717, 1.165) is 0 Å². The van der Waals surface area contributed by atoms with E-state index in [4.69, 9.17) is 0 Å². The molecule has 1 radical (unpaired) electrons. The van der Waals surface area contributed by atoms with Crippen LogP contribution in [-0.4, -0.2) is 59.5 Å². The lowest BCUT2D eigenvalue weighted by Crippen LogP contribution is -2.76. The van der Waals surface area contributed by atoms with Gasteiger partial charge in [0, 0.05) is 0 Å². The first-order chi connectivity index (χ1) is 15.9. The maximum atomic E-state index is 13.6. The Morgan fingerprint density at radius 3 is 1.08 bits per heavy atom. The molecule has 223 valence electrons. The van der Waals surface area contributed by atoms with Crippen LogP contribution in [0.1, 0.15) is 32.6 Å². The zero-order valence-corrected chi connectivity index (χ0v) is 17.3. The van der Waals surface area contributed by atoms with Crippen molar-refractivity contribution < 1.29 is 92.2 Å². The normalized spacial score (nSPS) is 16.9. The highest BCUT2D eigenvalue weighted by atomic mass is 19.4. The van der Waals surface area contributed by atoms with E-state index in [1.165, 1.54) is 6.92 Å². The third kappa shape index (κ3) is 4.77. The predicted molar refractivity (Wildman–Crippen MR) is 79.0 cm³/mol. The molecule has 1 unspecified atom stereocenters. The molecule has 0 aliphatic carbocycles. The SMILES string of the molecule is CCCCCC(F)C(F)(F)C(F)(F)C(F)(F)C(F)(F)C(F)(F)C(F)(F)C(F)(F)C(F)(F)C(F)(F)[C](F)F. The van der Waals surface area contributed by atoms with Crippen LogP contribution in [0.2, 0.25) is 0 Å². The van der Waals surface area contributed by atoms with E-state index in [-0.39, 0.29) is 12.8 Å². The van der Waals surface area contributed by atoms with Crippen LogP contribution in [0, 0.1) is 6.43 Å². The lowest BCUT2D eigenvalue weighted by molar-refractivity contribution is -0.464. The van der Waals surface area contributed by atoms with Gasteiger partial charge in [-0.2, -0.15) is 87.8 Å². The average Bonchev–Trinajstić information content (AvgIpc) is 2.72. The van der Waals surface area contributed by atoms with Crippen LogP contribution >= 0.6 is 0 Å². The molecule has 0 heterocycles. The number of hydrogen-bond acceptors (Lipinski definition) is 0. The number of alkyl halides is 19. The summed E-state index contributed by atoms with van der Waals surface area (Å²) in [5.74, 6) is -76.3. The van der Waals surface area contributed by atoms with Crippen molar-refractivity contribution in [3.63, 3.8) is 0 Å². The van der Waals surface area contributed by atoms with E-state index in [2.05, 4.69) is 0 Å². The Balaban J connectivity index is 6.85. The minimum Gasteiger partial charge on any atom is -0.241 e. The molecule has 0 saturated carbocycles.